The van der Waals surface area contributed by atoms with Crippen LogP contribution in [0.25, 0.3) is 0 Å². The molecular formula is C14H12BrN3O3. The quantitative estimate of drug-likeness (QED) is 0.796. The number of nitrogens with zero attached hydrogens (tertiary/aromatic N) is 3. The number of halogens is 1. The van der Waals surface area contributed by atoms with E-state index in [-0.39, 0.29) is 12.5 Å². The van der Waals surface area contributed by atoms with Crippen molar-refractivity contribution in [2.45, 2.75) is 26.3 Å². The molecule has 0 radical (unpaired) electrons. The lowest BCUT2D eigenvalue weighted by atomic mass is 10.1. The lowest BCUT2D eigenvalue weighted by Crippen LogP contribution is -2.29. The molecule has 0 unspecified atom stereocenters. The van der Waals surface area contributed by atoms with Crippen LogP contribution in [0.1, 0.15) is 41.8 Å². The van der Waals surface area contributed by atoms with Crippen LogP contribution in [-0.4, -0.2) is 21.8 Å². The molecule has 1 amide bonds. The largest absolute Gasteiger partial charge is 0.337 e. The van der Waals surface area contributed by atoms with Crippen LogP contribution in [0.15, 0.2) is 27.2 Å². The Balaban J connectivity index is 1.96. The Morgan fingerprint density at radius 2 is 2.10 bits per heavy atom. The zero-order chi connectivity index (χ0) is 15.1. The minimum Gasteiger partial charge on any atom is -0.337 e. The number of carbonyl (C=O) groups excluding carboxylic acids is 2. The van der Waals surface area contributed by atoms with E-state index in [1.807, 2.05) is 13.8 Å². The number of ketones is 1. The van der Waals surface area contributed by atoms with Crippen LogP contribution in [0.2, 0.25) is 0 Å². The zero-order valence-corrected chi connectivity index (χ0v) is 13.0. The minimum absolute atomic E-state index is 0.0832. The van der Waals surface area contributed by atoms with Crippen LogP contribution in [0, 0.1) is 0 Å². The molecule has 6 nitrogen and oxygen atoms in total. The van der Waals surface area contributed by atoms with Gasteiger partial charge in [-0.3, -0.25) is 14.5 Å². The first-order chi connectivity index (χ1) is 9.99. The average Bonchev–Trinajstić information content (AvgIpc) is 3.00. The molecule has 7 heteroatoms. The molecule has 0 saturated carbocycles. The highest BCUT2D eigenvalue weighted by molar-refractivity contribution is 9.10. The van der Waals surface area contributed by atoms with Crippen molar-refractivity contribution in [3.63, 3.8) is 0 Å². The summed E-state index contributed by atoms with van der Waals surface area (Å²) < 4.78 is 5.83. The molecule has 0 saturated heterocycles. The Morgan fingerprint density at radius 3 is 2.76 bits per heavy atom. The van der Waals surface area contributed by atoms with E-state index in [0.29, 0.717) is 27.4 Å². The molecule has 2 heterocycles. The van der Waals surface area contributed by atoms with Gasteiger partial charge in [-0.25, -0.2) is 0 Å². The summed E-state index contributed by atoms with van der Waals surface area (Å²) in [5, 5.41) is 3.86. The monoisotopic (exact) mass is 349 g/mol. The number of amides is 1. The van der Waals surface area contributed by atoms with Gasteiger partial charge in [-0.2, -0.15) is 4.98 Å². The van der Waals surface area contributed by atoms with Gasteiger partial charge in [0, 0.05) is 10.4 Å². The number of carbonyl (C=O) groups is 2. The SMILES string of the molecule is CC(C)c1noc(CN2C(=O)C(=O)c3cccc(Br)c32)n1. The summed E-state index contributed by atoms with van der Waals surface area (Å²) in [6, 6.07) is 5.14. The summed E-state index contributed by atoms with van der Waals surface area (Å²) in [4.78, 5) is 29.7. The summed E-state index contributed by atoms with van der Waals surface area (Å²) >= 11 is 3.37. The Kier molecular flexibility index (Phi) is 3.36. The van der Waals surface area contributed by atoms with E-state index in [9.17, 15) is 9.59 Å². The van der Waals surface area contributed by atoms with Crippen molar-refractivity contribution in [1.82, 2.24) is 10.1 Å². The molecule has 0 bridgehead atoms. The first kappa shape index (κ1) is 13.9. The van der Waals surface area contributed by atoms with Gasteiger partial charge in [-0.1, -0.05) is 25.1 Å². The number of Topliss-reactive ketones (excluding diaryl/α,β-unsaturated/α-hetero) is 1. The third-order valence-corrected chi connectivity index (χ3v) is 3.87. The average molecular weight is 350 g/mol. The maximum Gasteiger partial charge on any atom is 0.299 e. The van der Waals surface area contributed by atoms with Crippen LogP contribution >= 0.6 is 15.9 Å². The van der Waals surface area contributed by atoms with E-state index < -0.39 is 11.7 Å². The van der Waals surface area contributed by atoms with Crippen LogP contribution in [0.4, 0.5) is 5.69 Å². The molecule has 0 aliphatic carbocycles. The van der Waals surface area contributed by atoms with Crippen LogP contribution in [-0.2, 0) is 11.3 Å². The van der Waals surface area contributed by atoms with Gasteiger partial charge in [0.05, 0.1) is 11.3 Å². The maximum atomic E-state index is 12.1. The molecule has 1 aromatic carbocycles. The highest BCUT2D eigenvalue weighted by Gasteiger charge is 2.38. The van der Waals surface area contributed by atoms with Gasteiger partial charge in [-0.15, -0.1) is 0 Å². The fourth-order valence-corrected chi connectivity index (χ4v) is 2.75. The third-order valence-electron chi connectivity index (χ3n) is 3.23. The molecular weight excluding hydrogens is 338 g/mol. The van der Waals surface area contributed by atoms with E-state index >= 15 is 0 Å². The molecule has 0 N–H and O–H groups in total. The van der Waals surface area contributed by atoms with Gasteiger partial charge in [0.25, 0.3) is 11.7 Å². The molecule has 1 aliphatic heterocycles. The van der Waals surface area contributed by atoms with Crippen molar-refractivity contribution < 1.29 is 14.1 Å². The lowest BCUT2D eigenvalue weighted by molar-refractivity contribution is -0.114. The van der Waals surface area contributed by atoms with Crippen molar-refractivity contribution in [2.75, 3.05) is 4.90 Å². The van der Waals surface area contributed by atoms with Gasteiger partial charge < -0.3 is 4.52 Å². The standard InChI is InChI=1S/C14H12BrN3O3/c1-7(2)13-16-10(21-17-13)6-18-11-8(12(19)14(18)20)4-3-5-9(11)15/h3-5,7H,6H2,1-2H3. The second-order valence-electron chi connectivity index (χ2n) is 5.06. The molecule has 3 rings (SSSR count). The molecule has 0 spiro atoms. The van der Waals surface area contributed by atoms with Crippen molar-refractivity contribution in [1.29, 1.82) is 0 Å². The van der Waals surface area contributed by atoms with Crippen LogP contribution in [0.3, 0.4) is 0 Å². The number of rotatable bonds is 3. The fraction of sp³-hybridized carbons (Fsp3) is 0.286. The second-order valence-corrected chi connectivity index (χ2v) is 5.91. The fourth-order valence-electron chi connectivity index (χ4n) is 2.17. The number of para-hydroxylation sites is 1. The van der Waals surface area contributed by atoms with Crippen LogP contribution in [0.5, 0.6) is 0 Å². The predicted molar refractivity (Wildman–Crippen MR) is 78.0 cm³/mol. The molecule has 1 aliphatic rings. The van der Waals surface area contributed by atoms with Crippen molar-refractivity contribution in [2.24, 2.45) is 0 Å². The van der Waals surface area contributed by atoms with Gasteiger partial charge in [0.1, 0.15) is 6.54 Å². The number of aromatic nitrogens is 2. The second kappa shape index (κ2) is 5.07. The van der Waals surface area contributed by atoms with Crippen molar-refractivity contribution in [3.8, 4) is 0 Å². The van der Waals surface area contributed by atoms with Crippen molar-refractivity contribution >= 4 is 33.3 Å². The number of hydrogen-bond donors (Lipinski definition) is 0. The van der Waals surface area contributed by atoms with E-state index in [1.54, 1.807) is 18.2 Å². The molecule has 1 aromatic heterocycles. The van der Waals surface area contributed by atoms with Crippen LogP contribution < -0.4 is 4.90 Å². The highest BCUT2D eigenvalue weighted by atomic mass is 79.9. The molecule has 0 atom stereocenters. The smallest absolute Gasteiger partial charge is 0.299 e. The summed E-state index contributed by atoms with van der Waals surface area (Å²) in [6.45, 7) is 3.98. The normalized spacial score (nSPS) is 14.2. The Labute approximate surface area is 129 Å². The van der Waals surface area contributed by atoms with Gasteiger partial charge in [0.15, 0.2) is 5.82 Å². The first-order valence-electron chi connectivity index (χ1n) is 6.46. The van der Waals surface area contributed by atoms with E-state index in [2.05, 4.69) is 26.1 Å². The van der Waals surface area contributed by atoms with Gasteiger partial charge in [-0.05, 0) is 28.1 Å². The first-order valence-corrected chi connectivity index (χ1v) is 7.25. The number of benzene rings is 1. The topological polar surface area (TPSA) is 76.3 Å². The van der Waals surface area contributed by atoms with E-state index in [1.165, 1.54) is 4.90 Å². The Bertz CT molecular complexity index is 739. The number of fused-ring (bicyclic) bond motifs is 1. The van der Waals surface area contributed by atoms with E-state index in [4.69, 9.17) is 4.52 Å². The number of anilines is 1. The molecule has 21 heavy (non-hydrogen) atoms. The molecule has 0 fully saturated rings. The predicted octanol–water partition coefficient (Wildman–Crippen LogP) is 2.69. The lowest BCUT2D eigenvalue weighted by Gasteiger charge is -2.15. The third kappa shape index (κ3) is 2.27. The highest BCUT2D eigenvalue weighted by Crippen LogP contribution is 2.36. The van der Waals surface area contributed by atoms with Gasteiger partial charge >= 0.3 is 0 Å². The summed E-state index contributed by atoms with van der Waals surface area (Å²) in [7, 11) is 0. The zero-order valence-electron chi connectivity index (χ0n) is 11.5. The Hall–Kier alpha value is -2.02. The summed E-state index contributed by atoms with van der Waals surface area (Å²) in [5.74, 6) is -0.0766. The van der Waals surface area contributed by atoms with Gasteiger partial charge in [0.2, 0.25) is 5.89 Å². The minimum atomic E-state index is -0.582. The summed E-state index contributed by atoms with van der Waals surface area (Å²) in [5.41, 5.74) is 0.940. The Morgan fingerprint density at radius 1 is 1.33 bits per heavy atom. The molecule has 2 aromatic rings. The molecule has 108 valence electrons. The number of hydrogen-bond acceptors (Lipinski definition) is 5. The van der Waals surface area contributed by atoms with Crippen molar-refractivity contribution in [3.05, 3.63) is 40.0 Å². The van der Waals surface area contributed by atoms with E-state index in [0.717, 1.165) is 0 Å². The maximum absolute atomic E-state index is 12.1. The summed E-state index contributed by atoms with van der Waals surface area (Å²) in [6.07, 6.45) is 0.